The monoisotopic (exact) mass is 373 g/mol. The van der Waals surface area contributed by atoms with Gasteiger partial charge in [0.1, 0.15) is 5.75 Å². The molecule has 2 atom stereocenters. The van der Waals surface area contributed by atoms with Crippen molar-refractivity contribution in [3.8, 4) is 17.2 Å². The van der Waals surface area contributed by atoms with E-state index in [4.69, 9.17) is 14.6 Å². The standard InChI is InChI=1S/C22H19N3O3/c1-27-20-8-4-6-16-18-13-17(15-5-2-3-7-19(15)26)24-25(18)22(28-21(16)20)14-9-11-23-12-10-14/h2-12,18,22,26H,13H2,1H3. The summed E-state index contributed by atoms with van der Waals surface area (Å²) in [7, 11) is 1.64. The van der Waals surface area contributed by atoms with Gasteiger partial charge >= 0.3 is 0 Å². The van der Waals surface area contributed by atoms with E-state index in [1.807, 2.05) is 53.5 Å². The van der Waals surface area contributed by atoms with Gasteiger partial charge in [0.05, 0.1) is 18.9 Å². The van der Waals surface area contributed by atoms with Crippen LogP contribution in [0, 0.1) is 0 Å². The largest absolute Gasteiger partial charge is 0.507 e. The average molecular weight is 373 g/mol. The highest BCUT2D eigenvalue weighted by atomic mass is 16.5. The van der Waals surface area contributed by atoms with Crippen LogP contribution in [0.3, 0.4) is 0 Å². The molecule has 2 aromatic carbocycles. The zero-order valence-electron chi connectivity index (χ0n) is 15.3. The van der Waals surface area contributed by atoms with Crippen LogP contribution in [0.1, 0.15) is 35.4 Å². The van der Waals surface area contributed by atoms with Crippen LogP contribution in [0.25, 0.3) is 0 Å². The summed E-state index contributed by atoms with van der Waals surface area (Å²) in [6.07, 6.45) is 3.76. The van der Waals surface area contributed by atoms with Gasteiger partial charge in [-0.2, -0.15) is 5.10 Å². The molecule has 2 unspecified atom stereocenters. The van der Waals surface area contributed by atoms with Crippen molar-refractivity contribution in [2.75, 3.05) is 7.11 Å². The number of phenols is 1. The van der Waals surface area contributed by atoms with Gasteiger partial charge in [0.2, 0.25) is 6.23 Å². The molecule has 28 heavy (non-hydrogen) atoms. The molecule has 1 N–H and O–H groups in total. The van der Waals surface area contributed by atoms with Crippen molar-refractivity contribution in [1.82, 2.24) is 9.99 Å². The molecule has 3 aromatic rings. The maximum absolute atomic E-state index is 10.3. The highest BCUT2D eigenvalue weighted by molar-refractivity contribution is 6.04. The third kappa shape index (κ3) is 2.57. The van der Waals surface area contributed by atoms with E-state index in [2.05, 4.69) is 4.98 Å². The fourth-order valence-electron chi connectivity index (χ4n) is 3.87. The summed E-state index contributed by atoms with van der Waals surface area (Å²) < 4.78 is 11.9. The fourth-order valence-corrected chi connectivity index (χ4v) is 3.87. The van der Waals surface area contributed by atoms with Gasteiger partial charge in [-0.05, 0) is 30.3 Å². The van der Waals surface area contributed by atoms with E-state index in [-0.39, 0.29) is 11.8 Å². The number of aromatic nitrogens is 1. The Kier molecular flexibility index (Phi) is 3.90. The zero-order chi connectivity index (χ0) is 19.1. The first kappa shape index (κ1) is 16.6. The van der Waals surface area contributed by atoms with Crippen molar-refractivity contribution in [2.45, 2.75) is 18.7 Å². The van der Waals surface area contributed by atoms with Crippen LogP contribution in [0.2, 0.25) is 0 Å². The number of rotatable bonds is 3. The van der Waals surface area contributed by atoms with E-state index < -0.39 is 6.23 Å². The van der Waals surface area contributed by atoms with Gasteiger partial charge in [-0.15, -0.1) is 0 Å². The molecule has 0 radical (unpaired) electrons. The molecule has 0 fully saturated rings. The van der Waals surface area contributed by atoms with Crippen LogP contribution in [-0.2, 0) is 0 Å². The highest BCUT2D eigenvalue weighted by Crippen LogP contribution is 2.50. The Labute approximate surface area is 162 Å². The highest BCUT2D eigenvalue weighted by Gasteiger charge is 2.42. The zero-order valence-corrected chi connectivity index (χ0v) is 15.3. The predicted molar refractivity (Wildman–Crippen MR) is 104 cm³/mol. The smallest absolute Gasteiger partial charge is 0.214 e. The molecule has 2 aliphatic heterocycles. The molecule has 0 spiro atoms. The van der Waals surface area contributed by atoms with E-state index in [0.29, 0.717) is 12.2 Å². The van der Waals surface area contributed by atoms with Crippen molar-refractivity contribution in [3.63, 3.8) is 0 Å². The maximum atomic E-state index is 10.3. The van der Waals surface area contributed by atoms with Gasteiger partial charge in [-0.3, -0.25) is 4.98 Å². The Morgan fingerprint density at radius 3 is 2.68 bits per heavy atom. The molecule has 140 valence electrons. The van der Waals surface area contributed by atoms with Crippen LogP contribution in [-0.4, -0.2) is 27.9 Å². The van der Waals surface area contributed by atoms with Crippen LogP contribution < -0.4 is 9.47 Å². The number of pyridine rings is 1. The van der Waals surface area contributed by atoms with Crippen LogP contribution in [0.4, 0.5) is 0 Å². The Morgan fingerprint density at radius 2 is 1.89 bits per heavy atom. The number of fused-ring (bicyclic) bond motifs is 3. The molecule has 2 aliphatic rings. The van der Waals surface area contributed by atoms with Crippen LogP contribution in [0.15, 0.2) is 72.1 Å². The summed E-state index contributed by atoms with van der Waals surface area (Å²) in [5.41, 5.74) is 3.56. The second-order valence-corrected chi connectivity index (χ2v) is 6.79. The van der Waals surface area contributed by atoms with E-state index in [9.17, 15) is 5.11 Å². The maximum Gasteiger partial charge on any atom is 0.214 e. The molecule has 5 rings (SSSR count). The Bertz CT molecular complexity index is 1050. The number of aromatic hydroxyl groups is 1. The van der Waals surface area contributed by atoms with E-state index >= 15 is 0 Å². The number of ether oxygens (including phenoxy) is 2. The molecular formula is C22H19N3O3. The number of para-hydroxylation sites is 2. The van der Waals surface area contributed by atoms with E-state index in [0.717, 1.165) is 28.2 Å². The lowest BCUT2D eigenvalue weighted by molar-refractivity contribution is -0.0209. The lowest BCUT2D eigenvalue weighted by Gasteiger charge is -2.38. The van der Waals surface area contributed by atoms with Crippen molar-refractivity contribution in [3.05, 3.63) is 83.7 Å². The number of nitrogens with zero attached hydrogens (tertiary/aromatic N) is 3. The van der Waals surface area contributed by atoms with Gasteiger partial charge in [-0.25, -0.2) is 5.01 Å². The summed E-state index contributed by atoms with van der Waals surface area (Å²) >= 11 is 0. The molecule has 0 saturated heterocycles. The van der Waals surface area contributed by atoms with Gasteiger partial charge < -0.3 is 14.6 Å². The third-order valence-corrected chi connectivity index (χ3v) is 5.21. The minimum atomic E-state index is -0.403. The molecule has 0 saturated carbocycles. The summed E-state index contributed by atoms with van der Waals surface area (Å²) in [6, 6.07) is 17.0. The third-order valence-electron chi connectivity index (χ3n) is 5.21. The number of hydrogen-bond acceptors (Lipinski definition) is 6. The SMILES string of the molecule is COc1cccc2c1OC(c1ccncc1)N1N=C(c3ccccc3O)CC21. The Balaban J connectivity index is 1.64. The quantitative estimate of drug-likeness (QED) is 0.751. The van der Waals surface area contributed by atoms with E-state index in [1.54, 1.807) is 25.6 Å². The predicted octanol–water partition coefficient (Wildman–Crippen LogP) is 4.04. The number of benzene rings is 2. The Morgan fingerprint density at radius 1 is 1.07 bits per heavy atom. The molecule has 6 heteroatoms. The lowest BCUT2D eigenvalue weighted by atomic mass is 9.95. The molecule has 3 heterocycles. The fraction of sp³-hybridized carbons (Fsp3) is 0.182. The van der Waals surface area contributed by atoms with Crippen LogP contribution >= 0.6 is 0 Å². The van der Waals surface area contributed by atoms with Gasteiger partial charge in [-0.1, -0.05) is 24.3 Å². The summed E-state index contributed by atoms with van der Waals surface area (Å²) in [4.78, 5) is 4.11. The number of phenolic OH excluding ortho intramolecular Hbond substituents is 1. The first-order chi connectivity index (χ1) is 13.8. The molecule has 1 aromatic heterocycles. The topological polar surface area (TPSA) is 67.2 Å². The molecule has 6 nitrogen and oxygen atoms in total. The van der Waals surface area contributed by atoms with Crippen LogP contribution in [0.5, 0.6) is 17.2 Å². The second-order valence-electron chi connectivity index (χ2n) is 6.79. The molecule has 0 aliphatic carbocycles. The molecular weight excluding hydrogens is 354 g/mol. The summed E-state index contributed by atoms with van der Waals surface area (Å²) in [5.74, 6) is 1.67. The number of hydrazone groups is 1. The minimum absolute atomic E-state index is 0.00776. The second kappa shape index (κ2) is 6.56. The Hall–Kier alpha value is -3.54. The normalized spacial score (nSPS) is 20.0. The first-order valence-corrected chi connectivity index (χ1v) is 9.14. The van der Waals surface area contributed by atoms with Gasteiger partial charge in [0.25, 0.3) is 0 Å². The first-order valence-electron chi connectivity index (χ1n) is 9.14. The van der Waals surface area contributed by atoms with Gasteiger partial charge in [0, 0.05) is 35.5 Å². The molecule has 0 amide bonds. The summed E-state index contributed by atoms with van der Waals surface area (Å²) in [5, 5.41) is 17.1. The lowest BCUT2D eigenvalue weighted by Crippen LogP contribution is -2.33. The van der Waals surface area contributed by atoms with Crippen molar-refractivity contribution >= 4 is 5.71 Å². The summed E-state index contributed by atoms with van der Waals surface area (Å²) in [6.45, 7) is 0. The van der Waals surface area contributed by atoms with Crippen molar-refractivity contribution in [1.29, 1.82) is 0 Å². The van der Waals surface area contributed by atoms with Gasteiger partial charge in [0.15, 0.2) is 11.5 Å². The van der Waals surface area contributed by atoms with Crippen molar-refractivity contribution < 1.29 is 14.6 Å². The van der Waals surface area contributed by atoms with E-state index in [1.165, 1.54) is 0 Å². The number of hydrogen-bond donors (Lipinski definition) is 1. The number of methoxy groups -OCH3 is 1. The minimum Gasteiger partial charge on any atom is -0.507 e. The average Bonchev–Trinajstić information content (AvgIpc) is 3.19. The molecule has 0 bridgehead atoms. The van der Waals surface area contributed by atoms with Crippen molar-refractivity contribution in [2.24, 2.45) is 5.10 Å².